The largest absolute Gasteiger partial charge is 0.361 e. The number of hydrogen-bond acceptors (Lipinski definition) is 5. The summed E-state index contributed by atoms with van der Waals surface area (Å²) in [5, 5.41) is 6.84. The van der Waals surface area contributed by atoms with Crippen molar-refractivity contribution in [1.29, 1.82) is 0 Å². The summed E-state index contributed by atoms with van der Waals surface area (Å²) in [6, 6.07) is 7.90. The van der Waals surface area contributed by atoms with E-state index in [4.69, 9.17) is 4.52 Å². The third kappa shape index (κ3) is 3.97. The number of nitrogens with one attached hydrogen (secondary N) is 2. The smallest absolute Gasteiger partial charge is 0.230 e. The van der Waals surface area contributed by atoms with E-state index in [0.29, 0.717) is 18.7 Å². The molecule has 0 spiro atoms. The number of rotatable bonds is 7. The Bertz CT molecular complexity index is 788. The van der Waals surface area contributed by atoms with Crippen molar-refractivity contribution in [3.05, 3.63) is 47.1 Å². The number of hydrogen-bond donors (Lipinski definition) is 2. The van der Waals surface area contributed by atoms with Crippen molar-refractivity contribution >= 4 is 28.7 Å². The molecule has 2 N–H and O–H groups in total. The average molecular weight is 344 g/mol. The number of nitrogens with zero attached hydrogens (tertiary/aromatic N) is 2. The highest BCUT2D eigenvalue weighted by Gasteiger charge is 2.10. The van der Waals surface area contributed by atoms with Crippen molar-refractivity contribution in [2.75, 3.05) is 12.3 Å². The van der Waals surface area contributed by atoms with Gasteiger partial charge in [-0.05, 0) is 26.0 Å². The Morgan fingerprint density at radius 1 is 1.33 bits per heavy atom. The zero-order valence-electron chi connectivity index (χ0n) is 13.8. The number of fused-ring (bicyclic) bond motifs is 1. The van der Waals surface area contributed by atoms with E-state index in [1.165, 1.54) is 0 Å². The molecule has 2 aromatic heterocycles. The maximum absolute atomic E-state index is 11.9. The molecule has 3 aromatic rings. The van der Waals surface area contributed by atoms with Gasteiger partial charge in [-0.3, -0.25) is 4.79 Å². The van der Waals surface area contributed by atoms with Gasteiger partial charge in [0.2, 0.25) is 5.91 Å². The van der Waals surface area contributed by atoms with Gasteiger partial charge in [0, 0.05) is 24.3 Å². The molecule has 0 bridgehead atoms. The normalized spacial score (nSPS) is 11.1. The fraction of sp³-hybridized carbons (Fsp3) is 0.353. The lowest BCUT2D eigenvalue weighted by Crippen LogP contribution is -2.27. The number of amides is 1. The van der Waals surface area contributed by atoms with Gasteiger partial charge >= 0.3 is 0 Å². The van der Waals surface area contributed by atoms with Crippen LogP contribution < -0.4 is 5.32 Å². The minimum atomic E-state index is 0.0304. The van der Waals surface area contributed by atoms with Gasteiger partial charge in [0.05, 0.1) is 22.5 Å². The number of benzene rings is 1. The average Bonchev–Trinajstić information content (AvgIpc) is 3.12. The van der Waals surface area contributed by atoms with Crippen molar-refractivity contribution < 1.29 is 9.32 Å². The van der Waals surface area contributed by atoms with Crippen molar-refractivity contribution in [2.24, 2.45) is 0 Å². The lowest BCUT2D eigenvalue weighted by Gasteiger charge is -2.04. The second-order valence-corrected chi connectivity index (χ2v) is 6.58. The molecule has 0 unspecified atom stereocenters. The predicted molar refractivity (Wildman–Crippen MR) is 94.9 cm³/mol. The van der Waals surface area contributed by atoms with Crippen molar-refractivity contribution in [3.63, 3.8) is 0 Å². The van der Waals surface area contributed by atoms with Gasteiger partial charge in [-0.15, -0.1) is 11.8 Å². The molecule has 0 saturated carbocycles. The lowest BCUT2D eigenvalue weighted by atomic mass is 10.2. The van der Waals surface area contributed by atoms with Crippen LogP contribution in [0, 0.1) is 13.8 Å². The Morgan fingerprint density at radius 2 is 2.17 bits per heavy atom. The summed E-state index contributed by atoms with van der Waals surface area (Å²) >= 11 is 1.56. The number of aromatic nitrogens is 3. The van der Waals surface area contributed by atoms with Crippen LogP contribution in [0.5, 0.6) is 0 Å². The highest BCUT2D eigenvalue weighted by molar-refractivity contribution is 7.99. The topological polar surface area (TPSA) is 83.8 Å². The second kappa shape index (κ2) is 7.53. The quantitative estimate of drug-likeness (QED) is 0.688. The summed E-state index contributed by atoms with van der Waals surface area (Å²) < 4.78 is 5.12. The molecular formula is C17H20N4O2S. The highest BCUT2D eigenvalue weighted by atomic mass is 32.2. The van der Waals surface area contributed by atoms with Crippen molar-refractivity contribution in [1.82, 2.24) is 20.4 Å². The van der Waals surface area contributed by atoms with Crippen molar-refractivity contribution in [2.45, 2.75) is 26.0 Å². The zero-order valence-corrected chi connectivity index (χ0v) is 14.6. The molecule has 0 atom stereocenters. The Morgan fingerprint density at radius 3 is 2.92 bits per heavy atom. The summed E-state index contributed by atoms with van der Waals surface area (Å²) in [5.41, 5.74) is 3.95. The zero-order chi connectivity index (χ0) is 16.9. The van der Waals surface area contributed by atoms with Crippen LogP contribution >= 0.6 is 11.8 Å². The molecule has 0 saturated heterocycles. The fourth-order valence-corrected chi connectivity index (χ4v) is 3.45. The fourth-order valence-electron chi connectivity index (χ4n) is 2.45. The van der Waals surface area contributed by atoms with E-state index < -0.39 is 0 Å². The Kier molecular flexibility index (Phi) is 5.20. The monoisotopic (exact) mass is 344 g/mol. The Labute approximate surface area is 144 Å². The molecular weight excluding hydrogens is 324 g/mol. The molecule has 3 rings (SSSR count). The van der Waals surface area contributed by atoms with E-state index in [0.717, 1.165) is 39.6 Å². The SMILES string of the molecule is Cc1noc(C)c1CSCC(=O)NCCc1nc2ccccc2[nH]1. The lowest BCUT2D eigenvalue weighted by molar-refractivity contribution is -0.118. The number of H-pyrrole nitrogens is 1. The van der Waals surface area contributed by atoms with Gasteiger partial charge < -0.3 is 14.8 Å². The molecule has 2 heterocycles. The minimum Gasteiger partial charge on any atom is -0.361 e. The van der Waals surface area contributed by atoms with Gasteiger partial charge in [0.15, 0.2) is 0 Å². The van der Waals surface area contributed by atoms with Crippen LogP contribution in [0.2, 0.25) is 0 Å². The van der Waals surface area contributed by atoms with E-state index in [-0.39, 0.29) is 5.91 Å². The van der Waals surface area contributed by atoms with Gasteiger partial charge in [-0.2, -0.15) is 0 Å². The minimum absolute atomic E-state index is 0.0304. The van der Waals surface area contributed by atoms with Gasteiger partial charge in [-0.25, -0.2) is 4.98 Å². The number of carbonyl (C=O) groups excluding carboxylic acids is 1. The van der Waals surface area contributed by atoms with E-state index in [2.05, 4.69) is 20.4 Å². The van der Waals surface area contributed by atoms with Crippen LogP contribution in [0.1, 0.15) is 22.8 Å². The molecule has 6 nitrogen and oxygen atoms in total. The number of carbonyl (C=O) groups is 1. The summed E-state index contributed by atoms with van der Waals surface area (Å²) in [4.78, 5) is 19.7. The van der Waals surface area contributed by atoms with Crippen LogP contribution in [0.25, 0.3) is 11.0 Å². The standard InChI is InChI=1S/C17H20N4O2S/c1-11-13(12(2)23-21-11)9-24-10-17(22)18-8-7-16-19-14-5-3-4-6-15(14)20-16/h3-6H,7-10H2,1-2H3,(H,18,22)(H,19,20). The first-order valence-electron chi connectivity index (χ1n) is 7.83. The number of para-hydroxylation sites is 2. The molecule has 1 amide bonds. The highest BCUT2D eigenvalue weighted by Crippen LogP contribution is 2.19. The summed E-state index contributed by atoms with van der Waals surface area (Å²) in [7, 11) is 0. The predicted octanol–water partition coefficient (Wildman–Crippen LogP) is 2.76. The molecule has 24 heavy (non-hydrogen) atoms. The molecule has 0 aliphatic carbocycles. The van der Waals surface area contributed by atoms with E-state index in [1.807, 2.05) is 38.1 Å². The maximum atomic E-state index is 11.9. The van der Waals surface area contributed by atoms with Crippen LogP contribution in [-0.2, 0) is 17.0 Å². The van der Waals surface area contributed by atoms with Gasteiger partial charge in [-0.1, -0.05) is 17.3 Å². The third-order valence-corrected chi connectivity index (χ3v) is 4.74. The number of aromatic amines is 1. The molecule has 0 fully saturated rings. The first kappa shape index (κ1) is 16.6. The molecule has 1 aromatic carbocycles. The van der Waals surface area contributed by atoms with Gasteiger partial charge in [0.1, 0.15) is 11.6 Å². The molecule has 0 aliphatic heterocycles. The summed E-state index contributed by atoms with van der Waals surface area (Å²) in [6.07, 6.45) is 0.689. The Hall–Kier alpha value is -2.28. The summed E-state index contributed by atoms with van der Waals surface area (Å²) in [5.74, 6) is 2.90. The van der Waals surface area contributed by atoms with Gasteiger partial charge in [0.25, 0.3) is 0 Å². The summed E-state index contributed by atoms with van der Waals surface area (Å²) in [6.45, 7) is 4.38. The molecule has 0 radical (unpaired) electrons. The van der Waals surface area contributed by atoms with E-state index >= 15 is 0 Å². The Balaban J connectivity index is 1.39. The van der Waals surface area contributed by atoms with Crippen LogP contribution in [0.15, 0.2) is 28.8 Å². The van der Waals surface area contributed by atoms with Crippen LogP contribution in [0.4, 0.5) is 0 Å². The van der Waals surface area contributed by atoms with E-state index in [9.17, 15) is 4.79 Å². The molecule has 126 valence electrons. The van der Waals surface area contributed by atoms with E-state index in [1.54, 1.807) is 11.8 Å². The number of imidazole rings is 1. The molecule has 0 aliphatic rings. The van der Waals surface area contributed by atoms with Crippen LogP contribution in [0.3, 0.4) is 0 Å². The van der Waals surface area contributed by atoms with Crippen LogP contribution in [-0.4, -0.2) is 33.3 Å². The second-order valence-electron chi connectivity index (χ2n) is 5.60. The maximum Gasteiger partial charge on any atom is 0.230 e. The van der Waals surface area contributed by atoms with Crippen molar-refractivity contribution in [3.8, 4) is 0 Å². The molecule has 7 heteroatoms. The first-order valence-corrected chi connectivity index (χ1v) is 8.99. The first-order chi connectivity index (χ1) is 11.6. The number of aryl methyl sites for hydroxylation is 2. The number of thioether (sulfide) groups is 1. The third-order valence-electron chi connectivity index (χ3n) is 3.78.